The van der Waals surface area contributed by atoms with Crippen LogP contribution in [-0.2, 0) is 39.1 Å². The molecule has 2 N–H and O–H groups in total. The lowest BCUT2D eigenvalue weighted by molar-refractivity contribution is -0.150. The van der Waals surface area contributed by atoms with E-state index < -0.39 is 10.8 Å². The van der Waals surface area contributed by atoms with Crippen LogP contribution >= 0.6 is 0 Å². The number of fused-ring (bicyclic) bond motifs is 3. The SMILES string of the molecule is CC1(C)CC[C@@H](Cc2ccccc2)N(CC(=O)Nc2ccc3c(c2)CC2(C3)C(=O)Nc3ncccc32)C1=O. The van der Waals surface area contributed by atoms with Crippen LogP contribution in [0.4, 0.5) is 11.5 Å². The summed E-state index contributed by atoms with van der Waals surface area (Å²) in [4.78, 5) is 45.7. The van der Waals surface area contributed by atoms with E-state index in [1.807, 2.05) is 62.4 Å². The van der Waals surface area contributed by atoms with Crippen molar-refractivity contribution >= 4 is 29.2 Å². The van der Waals surface area contributed by atoms with Gasteiger partial charge in [0.25, 0.3) is 0 Å². The van der Waals surface area contributed by atoms with Crippen molar-refractivity contribution in [2.24, 2.45) is 5.41 Å². The number of carbonyl (C=O) groups excluding carboxylic acids is 3. The molecule has 7 nitrogen and oxygen atoms in total. The van der Waals surface area contributed by atoms with E-state index in [4.69, 9.17) is 0 Å². The molecule has 1 unspecified atom stereocenters. The lowest BCUT2D eigenvalue weighted by Crippen LogP contribution is -2.54. The molecule has 1 aliphatic carbocycles. The van der Waals surface area contributed by atoms with Gasteiger partial charge in [-0.25, -0.2) is 4.98 Å². The van der Waals surface area contributed by atoms with Crippen molar-refractivity contribution in [3.63, 3.8) is 0 Å². The van der Waals surface area contributed by atoms with Crippen molar-refractivity contribution in [2.45, 2.75) is 57.4 Å². The third kappa shape index (κ3) is 4.16. The first-order chi connectivity index (χ1) is 18.2. The Hall–Kier alpha value is -4.00. The van der Waals surface area contributed by atoms with Crippen LogP contribution in [0.5, 0.6) is 0 Å². The molecule has 3 amide bonds. The van der Waals surface area contributed by atoms with Crippen molar-refractivity contribution in [2.75, 3.05) is 17.2 Å². The summed E-state index contributed by atoms with van der Waals surface area (Å²) in [6.45, 7) is 3.94. The number of likely N-dealkylation sites (tertiary alicyclic amines) is 1. The van der Waals surface area contributed by atoms with Gasteiger partial charge >= 0.3 is 0 Å². The normalized spacial score (nSPS) is 23.2. The van der Waals surface area contributed by atoms with Gasteiger partial charge in [-0.15, -0.1) is 0 Å². The van der Waals surface area contributed by atoms with E-state index in [0.29, 0.717) is 24.3 Å². The van der Waals surface area contributed by atoms with Crippen molar-refractivity contribution in [3.8, 4) is 0 Å². The Balaban J connectivity index is 1.18. The van der Waals surface area contributed by atoms with E-state index in [1.165, 1.54) is 0 Å². The zero-order valence-corrected chi connectivity index (χ0v) is 21.8. The van der Waals surface area contributed by atoms with Crippen LogP contribution in [0.25, 0.3) is 0 Å². The maximum Gasteiger partial charge on any atom is 0.244 e. The molecule has 0 saturated carbocycles. The Morgan fingerprint density at radius 2 is 1.84 bits per heavy atom. The Labute approximate surface area is 222 Å². The molecule has 2 aliphatic heterocycles. The molecule has 0 radical (unpaired) electrons. The molecule has 1 aromatic heterocycles. The number of anilines is 2. The monoisotopic (exact) mass is 508 g/mol. The Morgan fingerprint density at radius 3 is 2.66 bits per heavy atom. The number of aromatic nitrogens is 1. The highest BCUT2D eigenvalue weighted by Gasteiger charge is 2.51. The van der Waals surface area contributed by atoms with E-state index in [9.17, 15) is 14.4 Å². The van der Waals surface area contributed by atoms with Gasteiger partial charge in [-0.05, 0) is 67.0 Å². The molecule has 2 atom stereocenters. The van der Waals surface area contributed by atoms with Gasteiger partial charge in [-0.1, -0.05) is 56.3 Å². The molecule has 194 valence electrons. The molecule has 1 fully saturated rings. The Morgan fingerprint density at radius 1 is 1.05 bits per heavy atom. The van der Waals surface area contributed by atoms with Crippen molar-refractivity contribution in [1.82, 2.24) is 9.88 Å². The van der Waals surface area contributed by atoms with Gasteiger partial charge in [0, 0.05) is 28.9 Å². The van der Waals surface area contributed by atoms with Crippen LogP contribution < -0.4 is 10.6 Å². The predicted molar refractivity (Wildman–Crippen MR) is 146 cm³/mol. The van der Waals surface area contributed by atoms with Crippen LogP contribution in [0.2, 0.25) is 0 Å². The lowest BCUT2D eigenvalue weighted by Gasteiger charge is -2.43. The second-order valence-electron chi connectivity index (χ2n) is 11.5. The standard InChI is InChI=1S/C31H32N4O3/c1-30(2)13-12-24(15-20-7-4-3-5-8-20)35(29(30)38)19-26(36)33-23-11-10-21-17-31(18-22(21)16-23)25-9-6-14-32-27(25)34-28(31)37/h3-11,14,16,24H,12-13,15,17-19H2,1-2H3,(H,33,36)(H,32,34,37)/t24-,31?/m0/s1. The highest BCUT2D eigenvalue weighted by molar-refractivity contribution is 6.06. The fourth-order valence-electron chi connectivity index (χ4n) is 6.34. The Bertz CT molecular complexity index is 1430. The summed E-state index contributed by atoms with van der Waals surface area (Å²) in [6, 6.07) is 19.8. The molecule has 7 heteroatoms. The van der Waals surface area contributed by atoms with Crippen LogP contribution in [0.15, 0.2) is 66.9 Å². The average Bonchev–Trinajstić information content (AvgIpc) is 3.41. The topological polar surface area (TPSA) is 91.4 Å². The third-order valence-corrected chi connectivity index (χ3v) is 8.48. The first kappa shape index (κ1) is 24.3. The summed E-state index contributed by atoms with van der Waals surface area (Å²) >= 11 is 0. The average molecular weight is 509 g/mol. The number of rotatable bonds is 5. The summed E-state index contributed by atoms with van der Waals surface area (Å²) in [5.74, 6) is 0.423. The van der Waals surface area contributed by atoms with Crippen LogP contribution in [0.3, 0.4) is 0 Å². The van der Waals surface area contributed by atoms with Gasteiger partial charge in [0.1, 0.15) is 12.4 Å². The first-order valence-electron chi connectivity index (χ1n) is 13.3. The van der Waals surface area contributed by atoms with Crippen LogP contribution in [-0.4, -0.2) is 40.2 Å². The highest BCUT2D eigenvalue weighted by Crippen LogP contribution is 2.47. The minimum absolute atomic E-state index is 0.0156. The molecule has 3 aliphatic rings. The molecule has 38 heavy (non-hydrogen) atoms. The molecule has 6 rings (SSSR count). The van der Waals surface area contributed by atoms with Crippen molar-refractivity contribution < 1.29 is 14.4 Å². The predicted octanol–water partition coefficient (Wildman–Crippen LogP) is 4.27. The van der Waals surface area contributed by atoms with Gasteiger partial charge in [0.05, 0.1) is 5.41 Å². The molecular formula is C31H32N4O3. The fraction of sp³-hybridized carbons (Fsp3) is 0.355. The smallest absolute Gasteiger partial charge is 0.244 e. The second-order valence-corrected chi connectivity index (χ2v) is 11.5. The summed E-state index contributed by atoms with van der Waals surface area (Å²) < 4.78 is 0. The molecule has 3 heterocycles. The fourth-order valence-corrected chi connectivity index (χ4v) is 6.34. The number of piperidine rings is 1. The van der Waals surface area contributed by atoms with E-state index >= 15 is 0 Å². The number of benzene rings is 2. The van der Waals surface area contributed by atoms with E-state index in [0.717, 1.165) is 41.5 Å². The van der Waals surface area contributed by atoms with Gasteiger partial charge in [-0.2, -0.15) is 0 Å². The number of nitrogens with zero attached hydrogens (tertiary/aromatic N) is 2. The van der Waals surface area contributed by atoms with Crippen molar-refractivity contribution in [1.29, 1.82) is 0 Å². The lowest BCUT2D eigenvalue weighted by atomic mass is 9.79. The van der Waals surface area contributed by atoms with Gasteiger partial charge in [0.15, 0.2) is 0 Å². The van der Waals surface area contributed by atoms with E-state index in [1.54, 1.807) is 11.1 Å². The second kappa shape index (κ2) is 9.08. The summed E-state index contributed by atoms with van der Waals surface area (Å²) in [7, 11) is 0. The van der Waals surface area contributed by atoms with Crippen molar-refractivity contribution in [3.05, 3.63) is 89.1 Å². The van der Waals surface area contributed by atoms with Gasteiger partial charge in [0.2, 0.25) is 17.7 Å². The summed E-state index contributed by atoms with van der Waals surface area (Å²) in [6.07, 6.45) is 5.26. The number of amides is 3. The largest absolute Gasteiger partial charge is 0.330 e. The Kier molecular flexibility index (Phi) is 5.82. The minimum Gasteiger partial charge on any atom is -0.330 e. The number of nitrogens with one attached hydrogen (secondary N) is 2. The molecule has 2 aromatic carbocycles. The van der Waals surface area contributed by atoms with Crippen LogP contribution in [0.1, 0.15) is 48.9 Å². The van der Waals surface area contributed by atoms with Gasteiger partial charge < -0.3 is 15.5 Å². The molecular weight excluding hydrogens is 476 g/mol. The maximum absolute atomic E-state index is 13.4. The number of hydrogen-bond acceptors (Lipinski definition) is 4. The number of carbonyl (C=O) groups is 3. The third-order valence-electron chi connectivity index (χ3n) is 8.48. The molecule has 1 saturated heterocycles. The highest BCUT2D eigenvalue weighted by atomic mass is 16.2. The number of pyridine rings is 1. The van der Waals surface area contributed by atoms with Gasteiger partial charge in [-0.3, -0.25) is 14.4 Å². The first-order valence-corrected chi connectivity index (χ1v) is 13.3. The minimum atomic E-state index is -0.648. The van der Waals surface area contributed by atoms with Crippen LogP contribution in [0, 0.1) is 5.41 Å². The molecule has 1 spiro atoms. The molecule has 0 bridgehead atoms. The molecule has 3 aromatic rings. The number of hydrogen-bond donors (Lipinski definition) is 2. The van der Waals surface area contributed by atoms with E-state index in [2.05, 4.69) is 27.8 Å². The zero-order valence-electron chi connectivity index (χ0n) is 21.8. The van der Waals surface area contributed by atoms with E-state index in [-0.39, 0.29) is 30.3 Å². The quantitative estimate of drug-likeness (QED) is 0.539. The summed E-state index contributed by atoms with van der Waals surface area (Å²) in [5, 5.41) is 5.95. The maximum atomic E-state index is 13.4. The zero-order chi connectivity index (χ0) is 26.5. The summed E-state index contributed by atoms with van der Waals surface area (Å²) in [5.41, 5.74) is 3.79.